The van der Waals surface area contributed by atoms with Gasteiger partial charge in [-0.1, -0.05) is 0 Å². The van der Waals surface area contributed by atoms with E-state index in [9.17, 15) is 5.11 Å². The van der Waals surface area contributed by atoms with Gasteiger partial charge >= 0.3 is 0 Å². The maximum absolute atomic E-state index is 10.5. The van der Waals surface area contributed by atoms with Crippen LogP contribution in [0.15, 0.2) is 12.1 Å². The first-order valence-corrected chi connectivity index (χ1v) is 7.53. The van der Waals surface area contributed by atoms with Crippen molar-refractivity contribution in [2.75, 3.05) is 54.2 Å². The number of hydrogen-bond acceptors (Lipinski definition) is 7. The maximum Gasteiger partial charge on any atom is 0.203 e. The average molecular weight is 329 g/mol. The number of nitrogens with zero attached hydrogens (tertiary/aromatic N) is 1. The summed E-state index contributed by atoms with van der Waals surface area (Å²) in [6.45, 7) is 1.47. The van der Waals surface area contributed by atoms with Crippen LogP contribution in [-0.2, 0) is 0 Å². The summed E-state index contributed by atoms with van der Waals surface area (Å²) in [6.07, 6.45) is -0.323. The molecule has 0 heterocycles. The van der Waals surface area contributed by atoms with Gasteiger partial charge < -0.3 is 29.5 Å². The number of rotatable bonds is 11. The summed E-state index contributed by atoms with van der Waals surface area (Å²) in [5.74, 6) is 1.41. The van der Waals surface area contributed by atoms with Crippen molar-refractivity contribution < 1.29 is 29.5 Å². The van der Waals surface area contributed by atoms with Crippen LogP contribution in [0.3, 0.4) is 0 Å². The van der Waals surface area contributed by atoms with Crippen LogP contribution in [0.5, 0.6) is 17.2 Å². The third-order valence-corrected chi connectivity index (χ3v) is 3.64. The third-order valence-electron chi connectivity index (χ3n) is 3.64. The second-order valence-electron chi connectivity index (χ2n) is 5.02. The standard InChI is InChI=1S/C16H27NO6/c1-21-14-5-4-12(15(22-2)16(14)23-3)13(20)6-7-17(8-10-18)9-11-19/h4-5,13,18-20H,6-11H2,1-3H3. The zero-order valence-corrected chi connectivity index (χ0v) is 14.0. The summed E-state index contributed by atoms with van der Waals surface area (Å²) in [7, 11) is 4.56. The van der Waals surface area contributed by atoms with E-state index in [0.717, 1.165) is 0 Å². The molecule has 23 heavy (non-hydrogen) atoms. The lowest BCUT2D eigenvalue weighted by atomic mass is 10.0. The lowest BCUT2D eigenvalue weighted by molar-refractivity contribution is 0.116. The summed E-state index contributed by atoms with van der Waals surface area (Å²) in [5.41, 5.74) is 0.609. The predicted molar refractivity (Wildman–Crippen MR) is 86.3 cm³/mol. The van der Waals surface area contributed by atoms with Gasteiger partial charge in [0.25, 0.3) is 0 Å². The van der Waals surface area contributed by atoms with Crippen molar-refractivity contribution in [3.63, 3.8) is 0 Å². The molecule has 3 N–H and O–H groups in total. The smallest absolute Gasteiger partial charge is 0.203 e. The molecule has 0 spiro atoms. The Morgan fingerprint density at radius 1 is 0.913 bits per heavy atom. The monoisotopic (exact) mass is 329 g/mol. The molecule has 0 amide bonds. The fourth-order valence-electron chi connectivity index (χ4n) is 2.47. The summed E-state index contributed by atoms with van der Waals surface area (Å²) >= 11 is 0. The second kappa shape index (κ2) is 10.3. The predicted octanol–water partition coefficient (Wildman–Crippen LogP) is 0.422. The Kier molecular flexibility index (Phi) is 8.71. The van der Waals surface area contributed by atoms with E-state index in [1.807, 2.05) is 4.90 Å². The lowest BCUT2D eigenvalue weighted by Gasteiger charge is -2.23. The van der Waals surface area contributed by atoms with E-state index >= 15 is 0 Å². The van der Waals surface area contributed by atoms with E-state index in [1.165, 1.54) is 21.3 Å². The minimum absolute atomic E-state index is 0.00970. The van der Waals surface area contributed by atoms with Crippen LogP contribution in [0.25, 0.3) is 0 Å². The molecule has 0 aromatic heterocycles. The minimum atomic E-state index is -0.760. The molecule has 1 aromatic rings. The molecule has 1 unspecified atom stereocenters. The second-order valence-corrected chi connectivity index (χ2v) is 5.02. The molecule has 0 saturated carbocycles. The van der Waals surface area contributed by atoms with E-state index in [-0.39, 0.29) is 13.2 Å². The van der Waals surface area contributed by atoms with E-state index in [4.69, 9.17) is 24.4 Å². The zero-order chi connectivity index (χ0) is 17.2. The summed E-state index contributed by atoms with van der Waals surface area (Å²) in [5, 5.41) is 28.5. The first kappa shape index (κ1) is 19.5. The molecule has 1 rings (SSSR count). The Hall–Kier alpha value is -1.54. The molecule has 0 aliphatic heterocycles. The molecule has 0 radical (unpaired) electrons. The van der Waals surface area contributed by atoms with Gasteiger partial charge in [0.1, 0.15) is 0 Å². The molecular weight excluding hydrogens is 302 g/mol. The Labute approximate surface area is 137 Å². The summed E-state index contributed by atoms with van der Waals surface area (Å²) < 4.78 is 15.9. The van der Waals surface area contributed by atoms with Crippen molar-refractivity contribution in [3.8, 4) is 17.2 Å². The van der Waals surface area contributed by atoms with Crippen LogP contribution < -0.4 is 14.2 Å². The topological polar surface area (TPSA) is 91.6 Å². The van der Waals surface area contributed by atoms with Crippen molar-refractivity contribution in [2.24, 2.45) is 0 Å². The molecule has 132 valence electrons. The van der Waals surface area contributed by atoms with Gasteiger partial charge in [-0.25, -0.2) is 0 Å². The van der Waals surface area contributed by atoms with Gasteiger partial charge in [0, 0.05) is 25.2 Å². The van der Waals surface area contributed by atoms with Crippen molar-refractivity contribution in [3.05, 3.63) is 17.7 Å². The Balaban J connectivity index is 2.88. The van der Waals surface area contributed by atoms with Crippen LogP contribution in [-0.4, -0.2) is 74.4 Å². The Bertz CT molecular complexity index is 462. The van der Waals surface area contributed by atoms with E-state index in [0.29, 0.717) is 48.9 Å². The molecule has 0 aliphatic carbocycles. The summed E-state index contributed by atoms with van der Waals surface area (Å²) in [4.78, 5) is 1.89. The highest BCUT2D eigenvalue weighted by atomic mass is 16.5. The number of methoxy groups -OCH3 is 3. The Morgan fingerprint density at radius 2 is 1.52 bits per heavy atom. The lowest BCUT2D eigenvalue weighted by Crippen LogP contribution is -2.31. The molecule has 1 aromatic carbocycles. The molecule has 0 saturated heterocycles. The number of ether oxygens (including phenoxy) is 3. The fraction of sp³-hybridized carbons (Fsp3) is 0.625. The first-order chi connectivity index (χ1) is 11.1. The molecular formula is C16H27NO6. The molecule has 7 heteroatoms. The van der Waals surface area contributed by atoms with Crippen LogP contribution >= 0.6 is 0 Å². The van der Waals surface area contributed by atoms with Crippen molar-refractivity contribution in [2.45, 2.75) is 12.5 Å². The van der Waals surface area contributed by atoms with Crippen molar-refractivity contribution in [1.82, 2.24) is 4.90 Å². The molecule has 7 nitrogen and oxygen atoms in total. The molecule has 0 aliphatic rings. The SMILES string of the molecule is COc1ccc(C(O)CCN(CCO)CCO)c(OC)c1OC. The van der Waals surface area contributed by atoms with Crippen molar-refractivity contribution in [1.29, 1.82) is 0 Å². The minimum Gasteiger partial charge on any atom is -0.493 e. The van der Waals surface area contributed by atoms with Crippen LogP contribution in [0, 0.1) is 0 Å². The summed E-state index contributed by atoms with van der Waals surface area (Å²) in [6, 6.07) is 3.46. The highest BCUT2D eigenvalue weighted by molar-refractivity contribution is 5.56. The van der Waals surface area contributed by atoms with E-state index in [2.05, 4.69) is 0 Å². The van der Waals surface area contributed by atoms with Crippen LogP contribution in [0.4, 0.5) is 0 Å². The first-order valence-electron chi connectivity index (χ1n) is 7.53. The van der Waals surface area contributed by atoms with Crippen molar-refractivity contribution >= 4 is 0 Å². The van der Waals surface area contributed by atoms with Gasteiger partial charge in [0.2, 0.25) is 5.75 Å². The van der Waals surface area contributed by atoms with Gasteiger partial charge in [0.05, 0.1) is 40.6 Å². The Morgan fingerprint density at radius 3 is 2.00 bits per heavy atom. The van der Waals surface area contributed by atoms with E-state index < -0.39 is 6.10 Å². The number of aliphatic hydroxyl groups is 3. The zero-order valence-electron chi connectivity index (χ0n) is 14.0. The molecule has 0 bridgehead atoms. The highest BCUT2D eigenvalue weighted by Crippen LogP contribution is 2.42. The quantitative estimate of drug-likeness (QED) is 0.542. The number of benzene rings is 1. The highest BCUT2D eigenvalue weighted by Gasteiger charge is 2.21. The van der Waals surface area contributed by atoms with Crippen LogP contribution in [0.1, 0.15) is 18.1 Å². The molecule has 1 atom stereocenters. The average Bonchev–Trinajstić information content (AvgIpc) is 2.58. The largest absolute Gasteiger partial charge is 0.493 e. The maximum atomic E-state index is 10.5. The van der Waals surface area contributed by atoms with Gasteiger partial charge in [-0.2, -0.15) is 0 Å². The molecule has 0 fully saturated rings. The number of hydrogen-bond donors (Lipinski definition) is 3. The number of aliphatic hydroxyl groups excluding tert-OH is 3. The van der Waals surface area contributed by atoms with Crippen LogP contribution in [0.2, 0.25) is 0 Å². The third kappa shape index (κ3) is 5.24. The fourth-order valence-corrected chi connectivity index (χ4v) is 2.47. The van der Waals surface area contributed by atoms with Gasteiger partial charge in [0.15, 0.2) is 11.5 Å². The van der Waals surface area contributed by atoms with Gasteiger partial charge in [-0.05, 0) is 18.6 Å². The van der Waals surface area contributed by atoms with Gasteiger partial charge in [-0.15, -0.1) is 0 Å². The normalized spacial score (nSPS) is 12.3. The van der Waals surface area contributed by atoms with Gasteiger partial charge in [-0.3, -0.25) is 4.90 Å². The van der Waals surface area contributed by atoms with E-state index in [1.54, 1.807) is 12.1 Å².